The molecule has 3 N–H and O–H groups in total. The van der Waals surface area contributed by atoms with Crippen molar-refractivity contribution in [2.45, 2.75) is 12.4 Å². The summed E-state index contributed by atoms with van der Waals surface area (Å²) in [4.78, 5) is 0. The molecule has 0 rings (SSSR count). The van der Waals surface area contributed by atoms with Crippen LogP contribution < -0.4 is 0 Å². The van der Waals surface area contributed by atoms with Gasteiger partial charge in [-0.25, -0.2) is 0 Å². The Balaban J connectivity index is 0. The fourth-order valence-corrected chi connectivity index (χ4v) is 0.365. The number of aliphatic hydroxyl groups excluding tert-OH is 2. The van der Waals surface area contributed by atoms with Crippen molar-refractivity contribution in [3.05, 3.63) is 0 Å². The van der Waals surface area contributed by atoms with Gasteiger partial charge in [0, 0.05) is 0 Å². The minimum Gasteiger partial charge on any atom is -0.387 e. The van der Waals surface area contributed by atoms with Gasteiger partial charge in [0.05, 0.1) is 0 Å². The molecule has 0 radical (unpaired) electrons. The molecule has 3 unspecified atom stereocenters. The zero-order valence-corrected chi connectivity index (χ0v) is 7.67. The lowest BCUT2D eigenvalue weighted by atomic mass is 10.4. The smallest absolute Gasteiger partial charge is 0.178 e. The molecule has 0 aliphatic carbocycles. The minimum atomic E-state index is -1.60. The van der Waals surface area contributed by atoms with Crippen LogP contribution in [0, 0.1) is 0 Å². The first kappa shape index (κ1) is 12.4. The van der Waals surface area contributed by atoms with E-state index in [4.69, 9.17) is 15.3 Å². The van der Waals surface area contributed by atoms with E-state index in [0.29, 0.717) is 0 Å². The van der Waals surface area contributed by atoms with E-state index in [2.05, 4.69) is 18.5 Å². The Labute approximate surface area is 59.9 Å². The third kappa shape index (κ3) is 8.74. The Morgan fingerprint density at radius 2 is 1.56 bits per heavy atom. The number of hydrogen-bond donors (Lipinski definition) is 3. The monoisotopic (exact) mass is 172 g/mol. The first-order chi connectivity index (χ1) is 4.18. The summed E-state index contributed by atoms with van der Waals surface area (Å²) in [6.07, 6.45) is -2.33. The Hall–Kier alpha value is 0.740. The van der Waals surface area contributed by atoms with Crippen LogP contribution in [0.25, 0.3) is 0 Å². The molecule has 9 heavy (non-hydrogen) atoms. The van der Waals surface area contributed by atoms with Gasteiger partial charge >= 0.3 is 0 Å². The van der Waals surface area contributed by atoms with Crippen molar-refractivity contribution < 1.29 is 15.3 Å². The number of hydrogen-bond acceptors (Lipinski definition) is 3. The molecule has 5 heteroatoms. The zero-order valence-electron chi connectivity index (χ0n) is 5.36. The molecule has 3 atom stereocenters. The van der Waals surface area contributed by atoms with E-state index >= 15 is 0 Å². The largest absolute Gasteiger partial charge is 0.387 e. The highest BCUT2D eigenvalue weighted by Gasteiger charge is 2.07. The standard InChI is InChI=1S/C3H9O3P.CH5P/c4-2(1-7)3(5)6;1-2/h2-6H,1,7H2;2H2,1H3. The molecule has 0 saturated heterocycles. The minimum absolute atomic E-state index is 0.289. The molecule has 0 fully saturated rings. The van der Waals surface area contributed by atoms with Crippen LogP contribution in [-0.4, -0.2) is 40.5 Å². The van der Waals surface area contributed by atoms with Crippen molar-refractivity contribution in [2.75, 3.05) is 12.8 Å². The molecule has 0 saturated carbocycles. The van der Waals surface area contributed by atoms with E-state index < -0.39 is 12.4 Å². The summed E-state index contributed by atoms with van der Waals surface area (Å²) in [6.45, 7) is 1.92. The fourth-order valence-electron chi connectivity index (χ4n) is 0.122. The van der Waals surface area contributed by atoms with Crippen LogP contribution in [0.3, 0.4) is 0 Å². The molecule has 0 aromatic heterocycles. The summed E-state index contributed by atoms with van der Waals surface area (Å²) in [7, 11) is 4.61. The van der Waals surface area contributed by atoms with Crippen molar-refractivity contribution in [3.8, 4) is 0 Å². The highest BCUT2D eigenvalue weighted by atomic mass is 31.0. The van der Waals surface area contributed by atoms with Gasteiger partial charge in [0.2, 0.25) is 0 Å². The molecule has 0 aromatic rings. The number of rotatable bonds is 2. The first-order valence-electron chi connectivity index (χ1n) is 2.50. The average Bonchev–Trinajstić information content (AvgIpc) is 1.91. The second kappa shape index (κ2) is 8.74. The molecule has 0 aliphatic heterocycles. The molecule has 0 amide bonds. The van der Waals surface area contributed by atoms with E-state index in [1.165, 1.54) is 0 Å². The van der Waals surface area contributed by atoms with E-state index in [1.54, 1.807) is 0 Å². The summed E-state index contributed by atoms with van der Waals surface area (Å²) in [5, 5.41) is 24.6. The predicted molar refractivity (Wildman–Crippen MR) is 44.4 cm³/mol. The summed E-state index contributed by atoms with van der Waals surface area (Å²) >= 11 is 0. The SMILES string of the molecule is CP.OC(O)C(O)CP. The lowest BCUT2D eigenvalue weighted by Crippen LogP contribution is -2.26. The van der Waals surface area contributed by atoms with Crippen LogP contribution in [-0.2, 0) is 0 Å². The lowest BCUT2D eigenvalue weighted by molar-refractivity contribution is -0.112. The molecule has 58 valence electrons. The quantitative estimate of drug-likeness (QED) is 0.371. The van der Waals surface area contributed by atoms with Crippen LogP contribution in [0.1, 0.15) is 0 Å². The molecule has 0 aliphatic rings. The first-order valence-corrected chi connectivity index (χ1v) is 4.47. The molecule has 0 bridgehead atoms. The van der Waals surface area contributed by atoms with Gasteiger partial charge in [-0.1, -0.05) is 6.66 Å². The van der Waals surface area contributed by atoms with E-state index in [0.717, 1.165) is 0 Å². The average molecular weight is 172 g/mol. The maximum Gasteiger partial charge on any atom is 0.178 e. The van der Waals surface area contributed by atoms with Gasteiger partial charge in [-0.05, 0) is 6.16 Å². The van der Waals surface area contributed by atoms with E-state index in [9.17, 15) is 0 Å². The van der Waals surface area contributed by atoms with Crippen molar-refractivity contribution in [3.63, 3.8) is 0 Å². The molecule has 0 spiro atoms. The zero-order chi connectivity index (χ0) is 7.86. The van der Waals surface area contributed by atoms with Gasteiger partial charge in [0.25, 0.3) is 0 Å². The maximum absolute atomic E-state index is 8.41. The molecule has 0 heterocycles. The van der Waals surface area contributed by atoms with Crippen molar-refractivity contribution >= 4 is 18.5 Å². The Morgan fingerprint density at radius 1 is 1.22 bits per heavy atom. The molecular weight excluding hydrogens is 158 g/mol. The molecule has 3 nitrogen and oxygen atoms in total. The van der Waals surface area contributed by atoms with Crippen LogP contribution in [0.2, 0.25) is 0 Å². The molecule has 0 aromatic carbocycles. The van der Waals surface area contributed by atoms with Crippen LogP contribution >= 0.6 is 18.5 Å². The van der Waals surface area contributed by atoms with Gasteiger partial charge < -0.3 is 15.3 Å². The van der Waals surface area contributed by atoms with E-state index in [1.807, 2.05) is 6.66 Å². The van der Waals surface area contributed by atoms with Gasteiger partial charge in [0.15, 0.2) is 6.29 Å². The van der Waals surface area contributed by atoms with Crippen LogP contribution in [0.4, 0.5) is 0 Å². The summed E-state index contributed by atoms with van der Waals surface area (Å²) < 4.78 is 0. The highest BCUT2D eigenvalue weighted by Crippen LogP contribution is 1.92. The second-order valence-electron chi connectivity index (χ2n) is 1.22. The van der Waals surface area contributed by atoms with Crippen molar-refractivity contribution in [1.82, 2.24) is 0 Å². The van der Waals surface area contributed by atoms with Crippen LogP contribution in [0.15, 0.2) is 0 Å². The van der Waals surface area contributed by atoms with Gasteiger partial charge in [-0.3, -0.25) is 0 Å². The van der Waals surface area contributed by atoms with Gasteiger partial charge in [-0.15, -0.1) is 18.5 Å². The Kier molecular flexibility index (Phi) is 12.1. The second-order valence-corrected chi connectivity index (χ2v) is 1.69. The third-order valence-corrected chi connectivity index (χ3v) is 1.07. The van der Waals surface area contributed by atoms with Crippen molar-refractivity contribution in [1.29, 1.82) is 0 Å². The van der Waals surface area contributed by atoms with Gasteiger partial charge in [-0.2, -0.15) is 0 Å². The lowest BCUT2D eigenvalue weighted by Gasteiger charge is -2.07. The normalized spacial score (nSPS) is 12.3. The van der Waals surface area contributed by atoms with Crippen LogP contribution in [0.5, 0.6) is 0 Å². The molecular formula is C4H14O3P2. The fraction of sp³-hybridized carbons (Fsp3) is 1.00. The summed E-state index contributed by atoms with van der Waals surface area (Å²) in [5.41, 5.74) is 0. The number of aliphatic hydroxyl groups is 3. The Bertz CT molecular complexity index is 51.1. The van der Waals surface area contributed by atoms with Crippen molar-refractivity contribution in [2.24, 2.45) is 0 Å². The summed E-state index contributed by atoms with van der Waals surface area (Å²) in [6, 6.07) is 0. The van der Waals surface area contributed by atoms with E-state index in [-0.39, 0.29) is 6.16 Å². The van der Waals surface area contributed by atoms with Gasteiger partial charge in [0.1, 0.15) is 6.10 Å². The highest BCUT2D eigenvalue weighted by molar-refractivity contribution is 7.16. The third-order valence-electron chi connectivity index (χ3n) is 0.586. The summed E-state index contributed by atoms with van der Waals surface area (Å²) in [5.74, 6) is 0. The Morgan fingerprint density at radius 3 is 1.56 bits per heavy atom. The topological polar surface area (TPSA) is 60.7 Å². The predicted octanol–water partition coefficient (Wildman–Crippen LogP) is -0.976. The maximum atomic E-state index is 8.41.